The number of morpholine rings is 1. The number of benzene rings is 1. The van der Waals surface area contributed by atoms with Crippen LogP contribution in [0.25, 0.3) is 22.3 Å². The molecular weight excluding hydrogens is 412 g/mol. The van der Waals surface area contributed by atoms with Gasteiger partial charge >= 0.3 is 0 Å². The van der Waals surface area contributed by atoms with E-state index < -0.39 is 0 Å². The van der Waals surface area contributed by atoms with Crippen LogP contribution in [0.15, 0.2) is 54.9 Å². The number of hydrogen-bond donors (Lipinski definition) is 1. The number of fused-ring (bicyclic) bond motifs is 1. The van der Waals surface area contributed by atoms with Crippen molar-refractivity contribution in [2.45, 2.75) is 44.2 Å². The molecule has 1 aliphatic carbocycles. The van der Waals surface area contributed by atoms with E-state index in [-0.39, 0.29) is 0 Å². The zero-order valence-electron chi connectivity index (χ0n) is 18.9. The smallest absolute Gasteiger partial charge is 0.113 e. The van der Waals surface area contributed by atoms with Crippen molar-refractivity contribution in [2.24, 2.45) is 0 Å². The van der Waals surface area contributed by atoms with Crippen molar-refractivity contribution in [3.8, 4) is 11.3 Å². The van der Waals surface area contributed by atoms with Crippen molar-refractivity contribution < 1.29 is 4.74 Å². The predicted octanol–water partition coefficient (Wildman–Crippen LogP) is 4.23. The van der Waals surface area contributed by atoms with Gasteiger partial charge in [-0.05, 0) is 56.0 Å². The van der Waals surface area contributed by atoms with Crippen LogP contribution in [-0.4, -0.2) is 62.0 Å². The fourth-order valence-corrected chi connectivity index (χ4v) is 5.31. The third-order valence-electron chi connectivity index (χ3n) is 7.11. The molecule has 7 nitrogen and oxygen atoms in total. The number of ether oxygens (including phenoxy) is 1. The Labute approximate surface area is 193 Å². The molecule has 0 unspecified atom stereocenters. The monoisotopic (exact) mass is 442 g/mol. The highest BCUT2D eigenvalue weighted by atomic mass is 16.5. The summed E-state index contributed by atoms with van der Waals surface area (Å²) in [6, 6.07) is 15.7. The third-order valence-corrected chi connectivity index (χ3v) is 7.11. The lowest BCUT2D eigenvalue weighted by Gasteiger charge is -2.38. The fourth-order valence-electron chi connectivity index (χ4n) is 5.31. The maximum Gasteiger partial charge on any atom is 0.113 e. The van der Waals surface area contributed by atoms with Crippen LogP contribution in [0, 0.1) is 0 Å². The molecular formula is C26H30N6O. The number of aromatic amines is 1. The molecule has 0 atom stereocenters. The lowest BCUT2D eigenvalue weighted by atomic mass is 9.90. The summed E-state index contributed by atoms with van der Waals surface area (Å²) < 4.78 is 7.70. The van der Waals surface area contributed by atoms with Gasteiger partial charge in [-0.1, -0.05) is 12.1 Å². The SMILES string of the molecule is c1ccc(Cc2nc3ccc(-c4ccn(C5CCC(N6CCOCC6)CC5)n4)cc3[nH]2)nc1. The fraction of sp³-hybridized carbons (Fsp3) is 0.423. The molecule has 0 spiro atoms. The number of aromatic nitrogens is 5. The highest BCUT2D eigenvalue weighted by Gasteiger charge is 2.28. The van der Waals surface area contributed by atoms with Crippen molar-refractivity contribution >= 4 is 11.0 Å². The summed E-state index contributed by atoms with van der Waals surface area (Å²) in [5.41, 5.74) is 5.17. The van der Waals surface area contributed by atoms with Gasteiger partial charge in [0.1, 0.15) is 5.82 Å². The highest BCUT2D eigenvalue weighted by Crippen LogP contribution is 2.32. The standard InChI is InChI=1S/C26H30N6O/c1-2-11-27-20(3-1)18-26-28-24-9-4-19(17-25(24)29-26)23-10-12-32(30-23)22-7-5-21(6-8-22)31-13-15-33-16-14-31/h1-4,9-12,17,21-22H,5-8,13-16,18H2,(H,28,29). The summed E-state index contributed by atoms with van der Waals surface area (Å²) >= 11 is 0. The number of H-pyrrole nitrogens is 1. The van der Waals surface area contributed by atoms with Crippen molar-refractivity contribution in [2.75, 3.05) is 26.3 Å². The van der Waals surface area contributed by atoms with Crippen molar-refractivity contribution in [3.05, 3.63) is 66.4 Å². The maximum absolute atomic E-state index is 5.52. The molecule has 7 heteroatoms. The number of hydrogen-bond acceptors (Lipinski definition) is 5. The highest BCUT2D eigenvalue weighted by molar-refractivity contribution is 5.81. The number of rotatable bonds is 5. The minimum atomic E-state index is 0.497. The van der Waals surface area contributed by atoms with Gasteiger partial charge in [-0.25, -0.2) is 4.98 Å². The van der Waals surface area contributed by atoms with Gasteiger partial charge in [-0.2, -0.15) is 5.10 Å². The van der Waals surface area contributed by atoms with Crippen molar-refractivity contribution in [3.63, 3.8) is 0 Å². The zero-order chi connectivity index (χ0) is 22.0. The normalized spacial score (nSPS) is 22.1. The summed E-state index contributed by atoms with van der Waals surface area (Å²) in [4.78, 5) is 15.2. The van der Waals surface area contributed by atoms with Gasteiger partial charge < -0.3 is 9.72 Å². The summed E-state index contributed by atoms with van der Waals surface area (Å²) in [7, 11) is 0. The molecule has 1 saturated carbocycles. The largest absolute Gasteiger partial charge is 0.379 e. The minimum absolute atomic E-state index is 0.497. The number of imidazole rings is 1. The molecule has 33 heavy (non-hydrogen) atoms. The molecule has 0 bridgehead atoms. The van der Waals surface area contributed by atoms with E-state index >= 15 is 0 Å². The first-order valence-electron chi connectivity index (χ1n) is 12.1. The second-order valence-corrected chi connectivity index (χ2v) is 9.20. The number of nitrogens with one attached hydrogen (secondary N) is 1. The summed E-state index contributed by atoms with van der Waals surface area (Å²) in [5, 5.41) is 4.96. The molecule has 2 aliphatic rings. The summed E-state index contributed by atoms with van der Waals surface area (Å²) in [6.45, 7) is 3.93. The molecule has 6 rings (SSSR count). The molecule has 1 N–H and O–H groups in total. The molecule has 170 valence electrons. The molecule has 2 fully saturated rings. The van der Waals surface area contributed by atoms with E-state index in [4.69, 9.17) is 14.8 Å². The Morgan fingerprint density at radius 1 is 0.970 bits per heavy atom. The van der Waals surface area contributed by atoms with Gasteiger partial charge in [0.05, 0.1) is 36.0 Å². The molecule has 3 aromatic heterocycles. The van der Waals surface area contributed by atoms with Crippen LogP contribution in [0.1, 0.15) is 43.2 Å². The van der Waals surface area contributed by atoms with E-state index in [2.05, 4.69) is 50.0 Å². The average molecular weight is 443 g/mol. The Kier molecular flexibility index (Phi) is 5.66. The first-order valence-corrected chi connectivity index (χ1v) is 12.1. The second-order valence-electron chi connectivity index (χ2n) is 9.20. The Bertz CT molecular complexity index is 1200. The molecule has 0 radical (unpaired) electrons. The molecule has 1 aliphatic heterocycles. The van der Waals surface area contributed by atoms with Crippen LogP contribution in [0.2, 0.25) is 0 Å². The van der Waals surface area contributed by atoms with Crippen LogP contribution in [0.5, 0.6) is 0 Å². The van der Waals surface area contributed by atoms with Gasteiger partial charge in [-0.15, -0.1) is 0 Å². The Morgan fingerprint density at radius 3 is 2.64 bits per heavy atom. The summed E-state index contributed by atoms with van der Waals surface area (Å²) in [6.07, 6.45) is 9.56. The van der Waals surface area contributed by atoms with Crippen LogP contribution in [0.3, 0.4) is 0 Å². The van der Waals surface area contributed by atoms with Gasteiger partial charge in [-0.3, -0.25) is 14.6 Å². The lowest BCUT2D eigenvalue weighted by molar-refractivity contribution is 0.00507. The average Bonchev–Trinajstić information content (AvgIpc) is 3.52. The van der Waals surface area contributed by atoms with Crippen molar-refractivity contribution in [1.29, 1.82) is 0 Å². The summed E-state index contributed by atoms with van der Waals surface area (Å²) in [5.74, 6) is 0.934. The van der Waals surface area contributed by atoms with Crippen LogP contribution < -0.4 is 0 Å². The quantitative estimate of drug-likeness (QED) is 0.501. The van der Waals surface area contributed by atoms with Crippen molar-refractivity contribution in [1.82, 2.24) is 29.6 Å². The topological polar surface area (TPSA) is 71.9 Å². The van der Waals surface area contributed by atoms with E-state index in [9.17, 15) is 0 Å². The molecule has 4 aromatic rings. The molecule has 4 heterocycles. The van der Waals surface area contributed by atoms with Crippen LogP contribution >= 0.6 is 0 Å². The maximum atomic E-state index is 5.52. The van der Waals surface area contributed by atoms with Gasteiger partial charge in [0.15, 0.2) is 0 Å². The van der Waals surface area contributed by atoms with E-state index in [0.29, 0.717) is 18.5 Å². The zero-order valence-corrected chi connectivity index (χ0v) is 18.9. The molecule has 1 saturated heterocycles. The third kappa shape index (κ3) is 4.43. The Morgan fingerprint density at radius 2 is 1.82 bits per heavy atom. The second kappa shape index (κ2) is 9.08. The number of pyridine rings is 1. The van der Waals surface area contributed by atoms with E-state index in [1.165, 1.54) is 25.7 Å². The predicted molar refractivity (Wildman–Crippen MR) is 128 cm³/mol. The van der Waals surface area contributed by atoms with E-state index in [1.807, 2.05) is 24.4 Å². The van der Waals surface area contributed by atoms with Crippen LogP contribution in [-0.2, 0) is 11.2 Å². The van der Waals surface area contributed by atoms with Gasteiger partial charge in [0.25, 0.3) is 0 Å². The molecule has 0 amide bonds. The Balaban J connectivity index is 1.14. The van der Waals surface area contributed by atoms with E-state index in [1.54, 1.807) is 0 Å². The first kappa shape index (κ1) is 20.6. The van der Waals surface area contributed by atoms with Crippen LogP contribution in [0.4, 0.5) is 0 Å². The number of nitrogens with zero attached hydrogens (tertiary/aromatic N) is 5. The Hall–Kier alpha value is -3.03. The van der Waals surface area contributed by atoms with Gasteiger partial charge in [0.2, 0.25) is 0 Å². The van der Waals surface area contributed by atoms with Gasteiger partial charge in [0, 0.05) is 49.2 Å². The van der Waals surface area contributed by atoms with E-state index in [0.717, 1.165) is 60.1 Å². The minimum Gasteiger partial charge on any atom is -0.379 e. The lowest BCUT2D eigenvalue weighted by Crippen LogP contribution is -2.45. The first-order chi connectivity index (χ1) is 16.3. The molecule has 1 aromatic carbocycles.